The van der Waals surface area contributed by atoms with Crippen LogP contribution in [0.15, 0.2) is 54.7 Å². The molecule has 0 spiro atoms. The van der Waals surface area contributed by atoms with E-state index in [9.17, 15) is 40.7 Å². The predicted molar refractivity (Wildman–Crippen MR) is 120 cm³/mol. The topological polar surface area (TPSA) is 108 Å². The number of ketones is 1. The molecule has 0 fully saturated rings. The zero-order valence-electron chi connectivity index (χ0n) is 18.8. The average Bonchev–Trinajstić information content (AvgIpc) is 2.79. The molecule has 0 atom stereocenters. The number of amides is 2. The second-order valence-corrected chi connectivity index (χ2v) is 7.80. The Balaban J connectivity index is 1.83. The molecule has 0 unspecified atom stereocenters. The van der Waals surface area contributed by atoms with Crippen molar-refractivity contribution in [1.82, 2.24) is 4.98 Å². The summed E-state index contributed by atoms with van der Waals surface area (Å²) < 4.78 is 78.8. The molecular formula is C24H17F6N3O4. The number of nitrogens with zero attached hydrogens (tertiary/aromatic N) is 1. The molecule has 2 aromatic carbocycles. The van der Waals surface area contributed by atoms with Crippen LogP contribution in [0.25, 0.3) is 11.1 Å². The third-order valence-corrected chi connectivity index (χ3v) is 5.07. The van der Waals surface area contributed by atoms with E-state index in [0.717, 1.165) is 25.3 Å². The largest absolute Gasteiger partial charge is 0.465 e. The van der Waals surface area contributed by atoms with Gasteiger partial charge in [0, 0.05) is 11.8 Å². The predicted octanol–water partition coefficient (Wildman–Crippen LogP) is 6.40. The number of pyridine rings is 1. The van der Waals surface area contributed by atoms with Crippen molar-refractivity contribution >= 4 is 29.2 Å². The Labute approximate surface area is 205 Å². The molecule has 3 aromatic rings. The first kappa shape index (κ1) is 27.2. The van der Waals surface area contributed by atoms with Gasteiger partial charge in [0.2, 0.25) is 5.91 Å². The summed E-state index contributed by atoms with van der Waals surface area (Å²) in [5.41, 5.74) is -3.09. The van der Waals surface area contributed by atoms with E-state index in [1.807, 2.05) is 5.32 Å². The smallest absolute Gasteiger partial charge is 0.433 e. The first-order chi connectivity index (χ1) is 17.1. The quantitative estimate of drug-likeness (QED) is 0.196. The highest BCUT2D eigenvalue weighted by molar-refractivity contribution is 6.12. The van der Waals surface area contributed by atoms with Crippen molar-refractivity contribution < 1.29 is 45.8 Å². The summed E-state index contributed by atoms with van der Waals surface area (Å²) in [5, 5.41) is 13.0. The highest BCUT2D eigenvalue weighted by Gasteiger charge is 2.34. The minimum Gasteiger partial charge on any atom is -0.465 e. The fraction of sp³-hybridized carbons (Fsp3) is 0.167. The highest BCUT2D eigenvalue weighted by Crippen LogP contribution is 2.37. The van der Waals surface area contributed by atoms with E-state index in [1.54, 1.807) is 0 Å². The van der Waals surface area contributed by atoms with E-state index < -0.39 is 53.5 Å². The third kappa shape index (κ3) is 6.84. The summed E-state index contributed by atoms with van der Waals surface area (Å²) in [6, 6.07) is 8.94. The van der Waals surface area contributed by atoms with E-state index in [1.165, 1.54) is 30.3 Å². The average molecular weight is 525 g/mol. The molecule has 0 radical (unpaired) electrons. The molecule has 0 aliphatic carbocycles. The molecule has 0 bridgehead atoms. The van der Waals surface area contributed by atoms with Gasteiger partial charge in [0.15, 0.2) is 5.78 Å². The molecule has 1 heterocycles. The lowest BCUT2D eigenvalue weighted by Gasteiger charge is -2.17. The third-order valence-electron chi connectivity index (χ3n) is 5.07. The number of aromatic nitrogens is 1. The molecule has 0 aliphatic rings. The van der Waals surface area contributed by atoms with Crippen LogP contribution in [-0.2, 0) is 17.1 Å². The Bertz CT molecular complexity index is 1370. The molecule has 2 amide bonds. The van der Waals surface area contributed by atoms with Crippen LogP contribution in [0.4, 0.5) is 42.5 Å². The molecule has 3 rings (SSSR count). The minimum absolute atomic E-state index is 0.0400. The number of rotatable bonds is 6. The van der Waals surface area contributed by atoms with Crippen LogP contribution in [-0.4, -0.2) is 27.9 Å². The molecule has 0 saturated heterocycles. The van der Waals surface area contributed by atoms with Crippen LogP contribution >= 0.6 is 0 Å². The zero-order chi connectivity index (χ0) is 27.5. The lowest BCUT2D eigenvalue weighted by molar-refractivity contribution is -0.141. The summed E-state index contributed by atoms with van der Waals surface area (Å²) >= 11 is 0. The number of carboxylic acid groups (broad SMARTS) is 1. The Morgan fingerprint density at radius 3 is 2.14 bits per heavy atom. The van der Waals surface area contributed by atoms with Gasteiger partial charge in [-0.2, -0.15) is 26.3 Å². The number of hydrogen-bond donors (Lipinski definition) is 3. The van der Waals surface area contributed by atoms with Crippen molar-refractivity contribution in [2.75, 3.05) is 10.6 Å². The van der Waals surface area contributed by atoms with Crippen LogP contribution in [0.1, 0.15) is 33.6 Å². The molecular weight excluding hydrogens is 508 g/mol. The minimum atomic E-state index is -4.79. The van der Waals surface area contributed by atoms with Gasteiger partial charge in [-0.15, -0.1) is 0 Å². The normalized spacial score (nSPS) is 11.6. The lowest BCUT2D eigenvalue weighted by Crippen LogP contribution is -2.20. The fourth-order valence-electron chi connectivity index (χ4n) is 3.41. The standard InChI is InChI=1S/C24H17F6N3O4/c1-12-7-17(33-22(36)37)18(10-16(12)23(25,26)27)32-21(35)11-19(34)15-4-2-3-13(8-15)14-5-6-31-20(9-14)24(28,29)30/h2-10,33H,11H2,1H3,(H,32,35)(H,36,37). The molecule has 13 heteroatoms. The molecule has 1 aromatic heterocycles. The summed E-state index contributed by atoms with van der Waals surface area (Å²) in [7, 11) is 0. The summed E-state index contributed by atoms with van der Waals surface area (Å²) in [4.78, 5) is 39.4. The van der Waals surface area contributed by atoms with Gasteiger partial charge in [0.1, 0.15) is 5.69 Å². The van der Waals surface area contributed by atoms with Crippen LogP contribution in [0.2, 0.25) is 0 Å². The molecule has 0 saturated carbocycles. The Morgan fingerprint density at radius 1 is 0.865 bits per heavy atom. The van der Waals surface area contributed by atoms with E-state index in [4.69, 9.17) is 5.11 Å². The van der Waals surface area contributed by atoms with E-state index in [-0.39, 0.29) is 27.9 Å². The van der Waals surface area contributed by atoms with Gasteiger partial charge in [-0.1, -0.05) is 18.2 Å². The van der Waals surface area contributed by atoms with Crippen LogP contribution < -0.4 is 10.6 Å². The van der Waals surface area contributed by atoms with Crippen LogP contribution in [0, 0.1) is 6.92 Å². The van der Waals surface area contributed by atoms with Crippen molar-refractivity contribution in [1.29, 1.82) is 0 Å². The van der Waals surface area contributed by atoms with Crippen molar-refractivity contribution in [3.8, 4) is 11.1 Å². The highest BCUT2D eigenvalue weighted by atomic mass is 19.4. The van der Waals surface area contributed by atoms with Crippen molar-refractivity contribution in [3.63, 3.8) is 0 Å². The maximum atomic E-state index is 13.3. The van der Waals surface area contributed by atoms with Gasteiger partial charge in [-0.3, -0.25) is 19.9 Å². The summed E-state index contributed by atoms with van der Waals surface area (Å²) in [6.07, 6.45) is -10.9. The number of Topliss-reactive ketones (excluding diaryl/α,β-unsaturated/α-hetero) is 1. The van der Waals surface area contributed by atoms with Gasteiger partial charge in [-0.25, -0.2) is 4.79 Å². The molecule has 7 nitrogen and oxygen atoms in total. The Hall–Kier alpha value is -4.42. The Kier molecular flexibility index (Phi) is 7.55. The Morgan fingerprint density at radius 2 is 1.51 bits per heavy atom. The summed E-state index contributed by atoms with van der Waals surface area (Å²) in [5.74, 6) is -1.82. The monoisotopic (exact) mass is 525 g/mol. The van der Waals surface area contributed by atoms with E-state index >= 15 is 0 Å². The number of anilines is 2. The number of alkyl halides is 6. The van der Waals surface area contributed by atoms with Gasteiger partial charge in [0.05, 0.1) is 23.4 Å². The van der Waals surface area contributed by atoms with E-state index in [2.05, 4.69) is 10.3 Å². The van der Waals surface area contributed by atoms with E-state index in [0.29, 0.717) is 6.07 Å². The second-order valence-electron chi connectivity index (χ2n) is 7.80. The molecule has 194 valence electrons. The number of hydrogen-bond acceptors (Lipinski definition) is 4. The maximum absolute atomic E-state index is 13.3. The number of aryl methyl sites for hydroxylation is 1. The summed E-state index contributed by atoms with van der Waals surface area (Å²) in [6.45, 7) is 1.11. The van der Waals surface area contributed by atoms with Gasteiger partial charge in [-0.05, 0) is 53.9 Å². The van der Waals surface area contributed by atoms with Crippen molar-refractivity contribution in [2.45, 2.75) is 25.7 Å². The number of benzene rings is 2. The number of carbonyl (C=O) groups excluding carboxylic acids is 2. The van der Waals surface area contributed by atoms with Gasteiger partial charge >= 0.3 is 18.4 Å². The van der Waals surface area contributed by atoms with Crippen molar-refractivity contribution in [3.05, 3.63) is 77.1 Å². The molecule has 0 aliphatic heterocycles. The maximum Gasteiger partial charge on any atom is 0.433 e. The second kappa shape index (κ2) is 10.3. The number of carbonyl (C=O) groups is 3. The lowest BCUT2D eigenvalue weighted by atomic mass is 10.00. The van der Waals surface area contributed by atoms with Crippen molar-refractivity contribution in [2.24, 2.45) is 0 Å². The number of halogens is 6. The van der Waals surface area contributed by atoms with Crippen LogP contribution in [0.3, 0.4) is 0 Å². The van der Waals surface area contributed by atoms with Gasteiger partial charge in [0.25, 0.3) is 0 Å². The zero-order valence-corrected chi connectivity index (χ0v) is 18.8. The van der Waals surface area contributed by atoms with Gasteiger partial charge < -0.3 is 10.4 Å². The molecule has 37 heavy (non-hydrogen) atoms. The first-order valence-electron chi connectivity index (χ1n) is 10.3. The molecule has 3 N–H and O–H groups in total. The van der Waals surface area contributed by atoms with Crippen LogP contribution in [0.5, 0.6) is 0 Å². The SMILES string of the molecule is Cc1cc(NC(=O)O)c(NC(=O)CC(=O)c2cccc(-c3ccnc(C(F)(F)F)c3)c2)cc1C(F)(F)F. The fourth-order valence-corrected chi connectivity index (χ4v) is 3.41. The number of nitrogens with one attached hydrogen (secondary N) is 2. The first-order valence-corrected chi connectivity index (χ1v) is 10.3.